The molecule has 3 aromatic rings. The molecule has 0 spiro atoms. The number of carbonyl (C=O) groups is 2. The van der Waals surface area contributed by atoms with Gasteiger partial charge < -0.3 is 34.7 Å². The van der Waals surface area contributed by atoms with Crippen molar-refractivity contribution >= 4 is 17.5 Å². The van der Waals surface area contributed by atoms with Crippen molar-refractivity contribution in [3.63, 3.8) is 0 Å². The topological polar surface area (TPSA) is 119 Å². The van der Waals surface area contributed by atoms with Crippen LogP contribution in [0.25, 0.3) is 0 Å². The second kappa shape index (κ2) is 16.9. The number of methoxy groups -OCH3 is 2. The highest BCUT2D eigenvalue weighted by Gasteiger charge is 2.39. The van der Waals surface area contributed by atoms with Crippen molar-refractivity contribution in [3.05, 3.63) is 88.5 Å². The number of nitrogens with zero attached hydrogens (tertiary/aromatic N) is 1. The number of aliphatic hydroxyl groups excluding tert-OH is 1. The van der Waals surface area contributed by atoms with Crippen LogP contribution in [0.4, 0.5) is 5.69 Å². The van der Waals surface area contributed by atoms with Gasteiger partial charge in [-0.25, -0.2) is 0 Å². The van der Waals surface area contributed by atoms with Crippen LogP contribution in [0.1, 0.15) is 79.7 Å². The minimum Gasteiger partial charge on any atom is -0.493 e. The number of benzene rings is 3. The molecule has 0 radical (unpaired) electrons. The molecule has 2 heterocycles. The maximum absolute atomic E-state index is 12.5. The fraction of sp³-hybridized carbons (Fsp3) is 0.474. The van der Waals surface area contributed by atoms with Crippen LogP contribution >= 0.6 is 0 Å². The lowest BCUT2D eigenvalue weighted by Gasteiger charge is -2.43. The van der Waals surface area contributed by atoms with E-state index in [9.17, 15) is 14.7 Å². The second-order valence-electron chi connectivity index (χ2n) is 12.7. The summed E-state index contributed by atoms with van der Waals surface area (Å²) in [7, 11) is 3.33. The van der Waals surface area contributed by atoms with Gasteiger partial charge in [0.15, 0.2) is 17.8 Å². The number of hydrogen-bond donors (Lipinski definition) is 3. The van der Waals surface area contributed by atoms with Gasteiger partial charge in [-0.1, -0.05) is 49.7 Å². The van der Waals surface area contributed by atoms with E-state index in [2.05, 4.69) is 34.6 Å². The first-order valence-corrected chi connectivity index (χ1v) is 16.9. The molecule has 2 aliphatic rings. The Balaban J connectivity index is 1.26. The van der Waals surface area contributed by atoms with E-state index in [-0.39, 0.29) is 36.5 Å². The predicted octanol–water partition coefficient (Wildman–Crippen LogP) is 5.68. The molecule has 3 aromatic carbocycles. The van der Waals surface area contributed by atoms with Gasteiger partial charge in [0.25, 0.3) is 0 Å². The Morgan fingerprint density at radius 3 is 2.27 bits per heavy atom. The van der Waals surface area contributed by atoms with Crippen molar-refractivity contribution in [2.24, 2.45) is 5.92 Å². The number of fused-ring (bicyclic) bond motifs is 1. The van der Waals surface area contributed by atoms with Gasteiger partial charge in [-0.05, 0) is 65.8 Å². The monoisotopic (exact) mass is 659 g/mol. The Morgan fingerprint density at radius 1 is 0.917 bits per heavy atom. The van der Waals surface area contributed by atoms with Crippen molar-refractivity contribution in [2.75, 3.05) is 39.2 Å². The van der Waals surface area contributed by atoms with E-state index in [1.807, 2.05) is 48.5 Å². The third-order valence-corrected chi connectivity index (χ3v) is 9.28. The van der Waals surface area contributed by atoms with Gasteiger partial charge in [0, 0.05) is 56.7 Å². The van der Waals surface area contributed by atoms with E-state index in [0.717, 1.165) is 79.2 Å². The SMILES string of the molecule is COc1cc2c(cc1OC)CN(C[C@@H]1O[C@H](c3ccc(NC(=O)CCCCCNC(C)=O)cc3)O[C@H](c3ccc(CO)cc3)[C@@H]1C)CC2. The Labute approximate surface area is 283 Å². The van der Waals surface area contributed by atoms with E-state index in [4.69, 9.17) is 18.9 Å². The molecule has 5 rings (SSSR count). The molecule has 10 nitrogen and oxygen atoms in total. The summed E-state index contributed by atoms with van der Waals surface area (Å²) >= 11 is 0. The average Bonchev–Trinajstić information content (AvgIpc) is 3.10. The zero-order chi connectivity index (χ0) is 34.0. The van der Waals surface area contributed by atoms with E-state index < -0.39 is 6.29 Å². The number of nitrogens with one attached hydrogen (secondary N) is 2. The molecule has 10 heteroatoms. The Kier molecular flexibility index (Phi) is 12.5. The zero-order valence-corrected chi connectivity index (χ0v) is 28.5. The standard InChI is InChI=1S/C38H49N3O7/c1-25-35(23-41-19-17-30-20-33(45-3)34(46-4)21-31(30)22-41)47-38(48-37(25)28-11-9-27(24-42)10-12-28)29-13-15-32(16-14-29)40-36(44)8-6-5-7-18-39-26(2)43/h9-16,20-21,25,35,37-38,42H,5-8,17-19,22-24H2,1-4H3,(H,39,43)(H,40,44)/t25-,35+,37+,38+/m1/s1. The highest BCUT2D eigenvalue weighted by atomic mass is 16.7. The van der Waals surface area contributed by atoms with Crippen molar-refractivity contribution in [2.45, 2.75) is 77.6 Å². The van der Waals surface area contributed by atoms with E-state index in [1.165, 1.54) is 18.1 Å². The molecule has 0 unspecified atom stereocenters. The Hall–Kier alpha value is -3.96. The van der Waals surface area contributed by atoms with Crippen LogP contribution in [-0.2, 0) is 38.6 Å². The van der Waals surface area contributed by atoms with Crippen LogP contribution in [0.5, 0.6) is 11.5 Å². The maximum Gasteiger partial charge on any atom is 0.224 e. The molecule has 0 saturated carbocycles. The predicted molar refractivity (Wildman–Crippen MR) is 184 cm³/mol. The van der Waals surface area contributed by atoms with Crippen LogP contribution in [0.15, 0.2) is 60.7 Å². The van der Waals surface area contributed by atoms with Crippen LogP contribution in [0, 0.1) is 5.92 Å². The van der Waals surface area contributed by atoms with Gasteiger partial charge in [-0.2, -0.15) is 0 Å². The number of rotatable bonds is 14. The smallest absolute Gasteiger partial charge is 0.224 e. The fourth-order valence-corrected chi connectivity index (χ4v) is 6.48. The number of unbranched alkanes of at least 4 members (excludes halogenated alkanes) is 2. The number of ether oxygens (including phenoxy) is 4. The highest BCUT2D eigenvalue weighted by Crippen LogP contribution is 2.42. The number of carbonyl (C=O) groups excluding carboxylic acids is 2. The van der Waals surface area contributed by atoms with Gasteiger partial charge in [-0.15, -0.1) is 0 Å². The van der Waals surface area contributed by atoms with Crippen molar-refractivity contribution in [1.82, 2.24) is 10.2 Å². The first-order valence-electron chi connectivity index (χ1n) is 16.9. The third kappa shape index (κ3) is 9.14. The summed E-state index contributed by atoms with van der Waals surface area (Å²) in [6, 6.07) is 19.8. The molecule has 3 N–H and O–H groups in total. The molecule has 0 aliphatic carbocycles. The molecule has 258 valence electrons. The summed E-state index contributed by atoms with van der Waals surface area (Å²) in [5.74, 6) is 1.48. The lowest BCUT2D eigenvalue weighted by molar-refractivity contribution is -0.276. The van der Waals surface area contributed by atoms with Crippen molar-refractivity contribution < 1.29 is 33.6 Å². The summed E-state index contributed by atoms with van der Waals surface area (Å²) in [6.45, 7) is 6.73. The van der Waals surface area contributed by atoms with E-state index in [1.54, 1.807) is 14.2 Å². The molecule has 2 amide bonds. The fourth-order valence-electron chi connectivity index (χ4n) is 6.48. The summed E-state index contributed by atoms with van der Waals surface area (Å²) < 4.78 is 24.5. The first-order chi connectivity index (χ1) is 23.3. The number of anilines is 1. The summed E-state index contributed by atoms with van der Waals surface area (Å²) in [5, 5.41) is 15.4. The lowest BCUT2D eigenvalue weighted by Crippen LogP contribution is -2.45. The summed E-state index contributed by atoms with van der Waals surface area (Å²) in [4.78, 5) is 26.0. The third-order valence-electron chi connectivity index (χ3n) is 9.28. The van der Waals surface area contributed by atoms with Gasteiger partial charge in [0.1, 0.15) is 0 Å². The summed E-state index contributed by atoms with van der Waals surface area (Å²) in [5.41, 5.74) is 6.00. The van der Waals surface area contributed by atoms with Gasteiger partial charge in [0.2, 0.25) is 11.8 Å². The van der Waals surface area contributed by atoms with Gasteiger partial charge >= 0.3 is 0 Å². The molecule has 0 bridgehead atoms. The molecular weight excluding hydrogens is 610 g/mol. The summed E-state index contributed by atoms with van der Waals surface area (Å²) in [6.07, 6.45) is 2.90. The van der Waals surface area contributed by atoms with Gasteiger partial charge in [0.05, 0.1) is 33.0 Å². The molecule has 1 fully saturated rings. The molecular formula is C38H49N3O7. The first kappa shape index (κ1) is 35.3. The lowest BCUT2D eigenvalue weighted by atomic mass is 9.89. The highest BCUT2D eigenvalue weighted by molar-refractivity contribution is 5.90. The Bertz CT molecular complexity index is 1510. The zero-order valence-electron chi connectivity index (χ0n) is 28.5. The Morgan fingerprint density at radius 2 is 1.60 bits per heavy atom. The van der Waals surface area contributed by atoms with Crippen molar-refractivity contribution in [1.29, 1.82) is 0 Å². The molecule has 0 aromatic heterocycles. The van der Waals surface area contributed by atoms with Crippen LogP contribution in [0.3, 0.4) is 0 Å². The van der Waals surface area contributed by atoms with E-state index in [0.29, 0.717) is 13.0 Å². The second-order valence-corrected chi connectivity index (χ2v) is 12.7. The molecule has 48 heavy (non-hydrogen) atoms. The molecule has 2 aliphatic heterocycles. The number of aliphatic hydroxyl groups is 1. The minimum atomic E-state index is -0.594. The normalized spacial score (nSPS) is 20.9. The van der Waals surface area contributed by atoms with E-state index >= 15 is 0 Å². The largest absolute Gasteiger partial charge is 0.493 e. The molecule has 1 saturated heterocycles. The maximum atomic E-state index is 12.5. The van der Waals surface area contributed by atoms with Crippen LogP contribution in [-0.4, -0.2) is 61.8 Å². The van der Waals surface area contributed by atoms with Gasteiger partial charge in [-0.3, -0.25) is 14.5 Å². The van der Waals surface area contributed by atoms with Crippen molar-refractivity contribution in [3.8, 4) is 11.5 Å². The number of hydrogen-bond acceptors (Lipinski definition) is 8. The molecule has 4 atom stereocenters. The van der Waals surface area contributed by atoms with Crippen LogP contribution < -0.4 is 20.1 Å². The van der Waals surface area contributed by atoms with Crippen LogP contribution in [0.2, 0.25) is 0 Å². The minimum absolute atomic E-state index is 0.00962. The number of amides is 2. The quantitative estimate of drug-likeness (QED) is 0.189. The average molecular weight is 660 g/mol.